The van der Waals surface area contributed by atoms with E-state index in [4.69, 9.17) is 10.9 Å². The van der Waals surface area contributed by atoms with Gasteiger partial charge in [0.1, 0.15) is 5.82 Å². The number of nitrogens with zero attached hydrogens (tertiary/aromatic N) is 3. The highest BCUT2D eigenvalue weighted by atomic mass is 16.3. The first kappa shape index (κ1) is 14.2. The number of aliphatic hydroxyl groups is 1. The van der Waals surface area contributed by atoms with Gasteiger partial charge in [-0.05, 0) is 31.1 Å². The van der Waals surface area contributed by atoms with Crippen LogP contribution in [0.3, 0.4) is 0 Å². The maximum absolute atomic E-state index is 8.98. The zero-order valence-electron chi connectivity index (χ0n) is 11.3. The predicted octanol–water partition coefficient (Wildman–Crippen LogP) is -0.133. The van der Waals surface area contributed by atoms with Crippen LogP contribution < -0.4 is 11.3 Å². The fourth-order valence-corrected chi connectivity index (χ4v) is 2.41. The summed E-state index contributed by atoms with van der Waals surface area (Å²) >= 11 is 0. The molecule has 0 aromatic carbocycles. The number of nitrogens with one attached hydrogen (secondary N) is 1. The van der Waals surface area contributed by atoms with Crippen molar-refractivity contribution in [3.05, 3.63) is 23.9 Å². The van der Waals surface area contributed by atoms with Crippen LogP contribution in [0.2, 0.25) is 0 Å². The quantitative estimate of drug-likeness (QED) is 0.508. The molecule has 0 amide bonds. The molecule has 0 saturated carbocycles. The van der Waals surface area contributed by atoms with Crippen LogP contribution in [0.25, 0.3) is 0 Å². The molecule has 0 aliphatic carbocycles. The normalized spacial score (nSPS) is 18.2. The number of hydrogen-bond donors (Lipinski definition) is 3. The smallest absolute Gasteiger partial charge is 0.139 e. The molecule has 1 saturated heterocycles. The number of nitrogens with two attached hydrogens (primary N) is 1. The number of pyridine rings is 1. The second-order valence-corrected chi connectivity index (χ2v) is 4.89. The molecule has 0 bridgehead atoms. The Labute approximate surface area is 114 Å². The minimum atomic E-state index is 0.247. The van der Waals surface area contributed by atoms with Crippen LogP contribution in [0.15, 0.2) is 18.3 Å². The number of rotatable bonds is 5. The molecule has 1 aliphatic heterocycles. The van der Waals surface area contributed by atoms with E-state index in [1.54, 1.807) is 0 Å². The van der Waals surface area contributed by atoms with Gasteiger partial charge in [-0.3, -0.25) is 9.80 Å². The SMILES string of the molecule is NNc1ccc(CN2CCCN(CCO)CC2)cn1. The van der Waals surface area contributed by atoms with Gasteiger partial charge >= 0.3 is 0 Å². The van der Waals surface area contributed by atoms with E-state index < -0.39 is 0 Å². The van der Waals surface area contributed by atoms with Crippen molar-refractivity contribution in [1.29, 1.82) is 0 Å². The molecule has 1 fully saturated rings. The Hall–Kier alpha value is -1.21. The van der Waals surface area contributed by atoms with Gasteiger partial charge in [0.15, 0.2) is 0 Å². The summed E-state index contributed by atoms with van der Waals surface area (Å²) in [4.78, 5) is 8.98. The number of anilines is 1. The van der Waals surface area contributed by atoms with Crippen LogP contribution in [0, 0.1) is 0 Å². The van der Waals surface area contributed by atoms with Crippen molar-refractivity contribution >= 4 is 5.82 Å². The largest absolute Gasteiger partial charge is 0.395 e. The number of nitrogen functional groups attached to an aromatic ring is 1. The molecule has 4 N–H and O–H groups in total. The third-order valence-corrected chi connectivity index (χ3v) is 3.48. The predicted molar refractivity (Wildman–Crippen MR) is 75.5 cm³/mol. The standard InChI is InChI=1S/C13H23N5O/c14-16-13-3-2-12(10-15-13)11-18-5-1-4-17(6-7-18)8-9-19/h2-3,10,19H,1,4-9,11,14H2,(H,15,16). The summed E-state index contributed by atoms with van der Waals surface area (Å²) in [6.07, 6.45) is 3.02. The van der Waals surface area contributed by atoms with E-state index >= 15 is 0 Å². The zero-order chi connectivity index (χ0) is 13.5. The number of β-amino-alcohol motifs (C(OH)–C–C–N with tert-alkyl or cyclic N) is 1. The second kappa shape index (κ2) is 7.40. The van der Waals surface area contributed by atoms with Gasteiger partial charge < -0.3 is 10.5 Å². The third kappa shape index (κ3) is 4.43. The van der Waals surface area contributed by atoms with E-state index in [2.05, 4.69) is 26.3 Å². The van der Waals surface area contributed by atoms with Crippen LogP contribution in [0.5, 0.6) is 0 Å². The van der Waals surface area contributed by atoms with Crippen molar-refractivity contribution in [3.8, 4) is 0 Å². The fourth-order valence-electron chi connectivity index (χ4n) is 2.41. The van der Waals surface area contributed by atoms with E-state index in [9.17, 15) is 0 Å². The summed E-state index contributed by atoms with van der Waals surface area (Å²) in [5, 5.41) is 8.98. The van der Waals surface area contributed by atoms with Crippen molar-refractivity contribution < 1.29 is 5.11 Å². The maximum atomic E-state index is 8.98. The molecule has 0 atom stereocenters. The van der Waals surface area contributed by atoms with Gasteiger partial charge in [0.05, 0.1) is 6.61 Å². The second-order valence-electron chi connectivity index (χ2n) is 4.89. The molecule has 19 heavy (non-hydrogen) atoms. The van der Waals surface area contributed by atoms with Crippen LogP contribution >= 0.6 is 0 Å². The lowest BCUT2D eigenvalue weighted by molar-refractivity contribution is 0.196. The molecular formula is C13H23N5O. The van der Waals surface area contributed by atoms with Gasteiger partial charge in [-0.25, -0.2) is 10.8 Å². The molecule has 106 valence electrons. The van der Waals surface area contributed by atoms with Gasteiger partial charge in [0.25, 0.3) is 0 Å². The fraction of sp³-hybridized carbons (Fsp3) is 0.615. The van der Waals surface area contributed by atoms with Crippen LogP contribution in [-0.4, -0.2) is 59.2 Å². The first-order chi connectivity index (χ1) is 9.31. The summed E-state index contributed by atoms with van der Waals surface area (Å²) in [6.45, 7) is 6.19. The highest BCUT2D eigenvalue weighted by Gasteiger charge is 2.14. The number of aliphatic hydroxyl groups excluding tert-OH is 1. The molecule has 2 heterocycles. The van der Waals surface area contributed by atoms with E-state index in [0.29, 0.717) is 5.82 Å². The summed E-state index contributed by atoms with van der Waals surface area (Å²) in [5.74, 6) is 5.99. The van der Waals surface area contributed by atoms with E-state index in [1.807, 2.05) is 12.3 Å². The molecule has 6 heteroatoms. The van der Waals surface area contributed by atoms with Crippen molar-refractivity contribution in [2.75, 3.05) is 44.8 Å². The molecule has 2 rings (SSSR count). The Morgan fingerprint density at radius 2 is 2.00 bits per heavy atom. The van der Waals surface area contributed by atoms with Gasteiger partial charge in [-0.15, -0.1) is 0 Å². The zero-order valence-corrected chi connectivity index (χ0v) is 11.3. The Morgan fingerprint density at radius 1 is 1.21 bits per heavy atom. The lowest BCUT2D eigenvalue weighted by Crippen LogP contribution is -2.32. The van der Waals surface area contributed by atoms with E-state index in [0.717, 1.165) is 45.7 Å². The first-order valence-electron chi connectivity index (χ1n) is 6.79. The summed E-state index contributed by atoms with van der Waals surface area (Å²) < 4.78 is 0. The van der Waals surface area contributed by atoms with Gasteiger partial charge in [-0.1, -0.05) is 6.07 Å². The minimum Gasteiger partial charge on any atom is -0.395 e. The minimum absolute atomic E-state index is 0.247. The molecule has 0 unspecified atom stereocenters. The number of hydrogen-bond acceptors (Lipinski definition) is 6. The Bertz CT molecular complexity index is 370. The van der Waals surface area contributed by atoms with Crippen LogP contribution in [0.1, 0.15) is 12.0 Å². The average Bonchev–Trinajstić information content (AvgIpc) is 2.66. The Morgan fingerprint density at radius 3 is 2.68 bits per heavy atom. The molecule has 6 nitrogen and oxygen atoms in total. The van der Waals surface area contributed by atoms with Gasteiger partial charge in [-0.2, -0.15) is 0 Å². The van der Waals surface area contributed by atoms with Crippen molar-refractivity contribution in [2.45, 2.75) is 13.0 Å². The van der Waals surface area contributed by atoms with Gasteiger partial charge in [0.2, 0.25) is 0 Å². The lowest BCUT2D eigenvalue weighted by atomic mass is 10.2. The van der Waals surface area contributed by atoms with Crippen molar-refractivity contribution in [3.63, 3.8) is 0 Å². The molecule has 1 aliphatic rings. The van der Waals surface area contributed by atoms with Crippen molar-refractivity contribution in [2.24, 2.45) is 5.84 Å². The molecular weight excluding hydrogens is 242 g/mol. The number of aromatic nitrogens is 1. The van der Waals surface area contributed by atoms with E-state index in [1.165, 1.54) is 5.56 Å². The third-order valence-electron chi connectivity index (χ3n) is 3.48. The average molecular weight is 265 g/mol. The lowest BCUT2D eigenvalue weighted by Gasteiger charge is -2.21. The van der Waals surface area contributed by atoms with Crippen molar-refractivity contribution in [1.82, 2.24) is 14.8 Å². The molecule has 0 radical (unpaired) electrons. The highest BCUT2D eigenvalue weighted by Crippen LogP contribution is 2.10. The Balaban J connectivity index is 1.84. The first-order valence-corrected chi connectivity index (χ1v) is 6.79. The molecule has 1 aromatic rings. The van der Waals surface area contributed by atoms with Gasteiger partial charge in [0, 0.05) is 32.4 Å². The highest BCUT2D eigenvalue weighted by molar-refractivity contribution is 5.33. The Kier molecular flexibility index (Phi) is 5.53. The molecule has 0 spiro atoms. The summed E-state index contributed by atoms with van der Waals surface area (Å²) in [6, 6.07) is 3.95. The van der Waals surface area contributed by atoms with Crippen LogP contribution in [-0.2, 0) is 6.54 Å². The topological polar surface area (TPSA) is 77.7 Å². The van der Waals surface area contributed by atoms with E-state index in [-0.39, 0.29) is 6.61 Å². The number of hydrazine groups is 1. The molecule has 1 aromatic heterocycles. The maximum Gasteiger partial charge on any atom is 0.139 e. The summed E-state index contributed by atoms with van der Waals surface area (Å²) in [7, 11) is 0. The monoisotopic (exact) mass is 265 g/mol. The summed E-state index contributed by atoms with van der Waals surface area (Å²) in [5.41, 5.74) is 3.74. The van der Waals surface area contributed by atoms with Crippen LogP contribution in [0.4, 0.5) is 5.82 Å².